The predicted octanol–water partition coefficient (Wildman–Crippen LogP) is 3.14. The van der Waals surface area contributed by atoms with E-state index in [1.54, 1.807) is 13.2 Å². The van der Waals surface area contributed by atoms with Gasteiger partial charge < -0.3 is 19.1 Å². The van der Waals surface area contributed by atoms with Crippen LogP contribution >= 0.6 is 0 Å². The average molecular weight is 492 g/mol. The van der Waals surface area contributed by atoms with E-state index in [4.69, 9.17) is 9.47 Å². The van der Waals surface area contributed by atoms with Crippen molar-refractivity contribution in [2.75, 3.05) is 14.2 Å². The quantitative estimate of drug-likeness (QED) is 0.415. The van der Waals surface area contributed by atoms with Crippen LogP contribution in [0.5, 0.6) is 11.5 Å². The minimum Gasteiger partial charge on any atom is -0.497 e. The standard InChI is InChI=1S/C22H20F4N6O3/c1-31-10-12(8-28-31)16-9-27-14-4-5-19(32(21(14)30-16)11-18(33)22(24,25)26)29-15-6-13(34-2)7-17(35-3)20(15)23/h4-10,18,33H,11H2,1-3H3. The number of hydrogen-bond acceptors (Lipinski definition) is 7. The molecule has 1 aromatic carbocycles. The number of ether oxygens (including phenoxy) is 2. The van der Waals surface area contributed by atoms with E-state index in [2.05, 4.69) is 20.1 Å². The molecule has 0 radical (unpaired) electrons. The van der Waals surface area contributed by atoms with Crippen molar-refractivity contribution in [2.24, 2.45) is 12.0 Å². The Bertz CT molecular complexity index is 1450. The van der Waals surface area contributed by atoms with Gasteiger partial charge in [-0.25, -0.2) is 14.4 Å². The van der Waals surface area contributed by atoms with E-state index in [-0.39, 0.29) is 33.8 Å². The summed E-state index contributed by atoms with van der Waals surface area (Å²) >= 11 is 0. The first-order valence-corrected chi connectivity index (χ1v) is 10.2. The molecule has 4 aromatic rings. The van der Waals surface area contributed by atoms with E-state index < -0.39 is 24.6 Å². The zero-order valence-corrected chi connectivity index (χ0v) is 18.8. The normalized spacial score (nSPS) is 13.3. The van der Waals surface area contributed by atoms with Gasteiger partial charge in [-0.2, -0.15) is 18.3 Å². The molecule has 1 unspecified atom stereocenters. The summed E-state index contributed by atoms with van der Waals surface area (Å²) in [5.41, 5.74) is 0.823. The molecule has 13 heteroatoms. The van der Waals surface area contributed by atoms with E-state index in [1.807, 2.05) is 0 Å². The Morgan fingerprint density at radius 1 is 1.14 bits per heavy atom. The van der Waals surface area contributed by atoms with Crippen LogP contribution in [0.15, 0.2) is 47.8 Å². The smallest absolute Gasteiger partial charge is 0.416 e. The van der Waals surface area contributed by atoms with Crippen molar-refractivity contribution in [1.29, 1.82) is 0 Å². The summed E-state index contributed by atoms with van der Waals surface area (Å²) in [5.74, 6) is -0.778. The van der Waals surface area contributed by atoms with Gasteiger partial charge >= 0.3 is 6.18 Å². The Hall–Kier alpha value is -4.00. The minimum absolute atomic E-state index is 0.00572. The van der Waals surface area contributed by atoms with Crippen LogP contribution in [0.3, 0.4) is 0 Å². The number of aliphatic hydroxyl groups excluding tert-OH is 1. The lowest BCUT2D eigenvalue weighted by Gasteiger charge is -2.18. The van der Waals surface area contributed by atoms with Gasteiger partial charge in [0.1, 0.15) is 22.4 Å². The lowest BCUT2D eigenvalue weighted by Crippen LogP contribution is -2.37. The van der Waals surface area contributed by atoms with Crippen LogP contribution in [0.2, 0.25) is 0 Å². The zero-order valence-electron chi connectivity index (χ0n) is 18.8. The van der Waals surface area contributed by atoms with Gasteiger partial charge in [-0.15, -0.1) is 0 Å². The highest BCUT2D eigenvalue weighted by Crippen LogP contribution is 2.32. The Morgan fingerprint density at radius 2 is 1.91 bits per heavy atom. The van der Waals surface area contributed by atoms with E-state index in [0.29, 0.717) is 11.3 Å². The number of fused-ring (bicyclic) bond motifs is 1. The van der Waals surface area contributed by atoms with Crippen molar-refractivity contribution in [3.05, 3.63) is 54.2 Å². The lowest BCUT2D eigenvalue weighted by atomic mass is 10.2. The van der Waals surface area contributed by atoms with Gasteiger partial charge in [-0.1, -0.05) is 0 Å². The van der Waals surface area contributed by atoms with Crippen LogP contribution in [0.4, 0.5) is 23.2 Å². The molecule has 1 N–H and O–H groups in total. The molecule has 0 aliphatic rings. The Balaban J connectivity index is 1.99. The maximum absolute atomic E-state index is 14.9. The molecule has 0 amide bonds. The maximum Gasteiger partial charge on any atom is 0.416 e. The molecule has 3 heterocycles. The monoisotopic (exact) mass is 492 g/mol. The van der Waals surface area contributed by atoms with Gasteiger partial charge in [0.05, 0.1) is 38.9 Å². The number of aryl methyl sites for hydroxylation is 1. The molecule has 35 heavy (non-hydrogen) atoms. The van der Waals surface area contributed by atoms with Gasteiger partial charge in [0.15, 0.2) is 23.3 Å². The molecule has 0 saturated carbocycles. The molecule has 0 bridgehead atoms. The molecule has 1 atom stereocenters. The van der Waals surface area contributed by atoms with Gasteiger partial charge in [-0.3, -0.25) is 9.67 Å². The highest BCUT2D eigenvalue weighted by molar-refractivity contribution is 5.73. The minimum atomic E-state index is -4.91. The summed E-state index contributed by atoms with van der Waals surface area (Å²) < 4.78 is 67.4. The second-order valence-electron chi connectivity index (χ2n) is 7.50. The summed E-state index contributed by atoms with van der Waals surface area (Å²) in [4.78, 5) is 12.9. The topological polar surface area (TPSA) is 99.6 Å². The fraction of sp³-hybridized carbons (Fsp3) is 0.273. The van der Waals surface area contributed by atoms with Gasteiger partial charge in [0.25, 0.3) is 0 Å². The number of nitrogens with zero attached hydrogens (tertiary/aromatic N) is 6. The summed E-state index contributed by atoms with van der Waals surface area (Å²) in [7, 11) is 4.32. The number of hydrogen-bond donors (Lipinski definition) is 1. The van der Waals surface area contributed by atoms with Crippen molar-refractivity contribution in [2.45, 2.75) is 18.8 Å². The largest absolute Gasteiger partial charge is 0.497 e. The molecule has 0 aliphatic heterocycles. The van der Waals surface area contributed by atoms with Crippen LogP contribution in [0, 0.1) is 5.82 Å². The first-order valence-electron chi connectivity index (χ1n) is 10.2. The first kappa shape index (κ1) is 24.1. The number of methoxy groups -OCH3 is 2. The molecule has 184 valence electrons. The molecule has 4 rings (SSSR count). The highest BCUT2D eigenvalue weighted by atomic mass is 19.4. The van der Waals surface area contributed by atoms with Crippen LogP contribution in [0.25, 0.3) is 22.4 Å². The Morgan fingerprint density at radius 3 is 2.54 bits per heavy atom. The third-order valence-corrected chi connectivity index (χ3v) is 5.12. The highest BCUT2D eigenvalue weighted by Gasteiger charge is 2.38. The third-order valence-electron chi connectivity index (χ3n) is 5.12. The van der Waals surface area contributed by atoms with Crippen molar-refractivity contribution in [3.63, 3.8) is 0 Å². The zero-order chi connectivity index (χ0) is 25.3. The predicted molar refractivity (Wildman–Crippen MR) is 117 cm³/mol. The number of aromatic nitrogens is 5. The third kappa shape index (κ3) is 4.94. The Labute approximate surface area is 195 Å². The fourth-order valence-corrected chi connectivity index (χ4v) is 3.33. The van der Waals surface area contributed by atoms with Gasteiger partial charge in [-0.05, 0) is 12.1 Å². The number of halogens is 4. The molecule has 0 fully saturated rings. The summed E-state index contributed by atoms with van der Waals surface area (Å²) in [6, 6.07) is 5.42. The number of rotatable bonds is 6. The number of alkyl halides is 3. The molecular formula is C22H20F4N6O3. The van der Waals surface area contributed by atoms with E-state index in [9.17, 15) is 22.7 Å². The molecule has 0 saturated heterocycles. The lowest BCUT2D eigenvalue weighted by molar-refractivity contribution is -0.207. The van der Waals surface area contributed by atoms with E-state index >= 15 is 0 Å². The Kier molecular flexibility index (Phi) is 6.43. The molecular weight excluding hydrogens is 472 g/mol. The summed E-state index contributed by atoms with van der Waals surface area (Å²) in [5, 5.41) is 13.9. The van der Waals surface area contributed by atoms with Crippen molar-refractivity contribution >= 4 is 16.9 Å². The summed E-state index contributed by atoms with van der Waals surface area (Å²) in [6.45, 7) is -0.951. The maximum atomic E-state index is 14.9. The first-order chi connectivity index (χ1) is 16.6. The summed E-state index contributed by atoms with van der Waals surface area (Å²) in [6.07, 6.45) is -3.01. The second-order valence-corrected chi connectivity index (χ2v) is 7.50. The number of benzene rings is 1. The van der Waals surface area contributed by atoms with Crippen LogP contribution < -0.4 is 15.0 Å². The molecule has 0 aliphatic carbocycles. The fourth-order valence-electron chi connectivity index (χ4n) is 3.33. The molecule has 0 spiro atoms. The van der Waals surface area contributed by atoms with E-state index in [0.717, 1.165) is 4.57 Å². The number of aliphatic hydroxyl groups is 1. The number of pyridine rings is 1. The van der Waals surface area contributed by atoms with Gasteiger partial charge in [0.2, 0.25) is 0 Å². The average Bonchev–Trinajstić information content (AvgIpc) is 3.26. The van der Waals surface area contributed by atoms with E-state index in [1.165, 1.54) is 55.6 Å². The van der Waals surface area contributed by atoms with Crippen LogP contribution in [-0.2, 0) is 13.6 Å². The molecule has 3 aromatic heterocycles. The van der Waals surface area contributed by atoms with Crippen molar-refractivity contribution in [3.8, 4) is 22.8 Å². The molecule has 9 nitrogen and oxygen atoms in total. The van der Waals surface area contributed by atoms with Crippen molar-refractivity contribution in [1.82, 2.24) is 24.3 Å². The van der Waals surface area contributed by atoms with Crippen molar-refractivity contribution < 1.29 is 32.1 Å². The van der Waals surface area contributed by atoms with Crippen LogP contribution in [-0.4, -0.2) is 55.9 Å². The van der Waals surface area contributed by atoms with Crippen LogP contribution in [0.1, 0.15) is 0 Å². The second kappa shape index (κ2) is 9.33. The SMILES string of the molecule is COc1cc(N=c2ccc3ncc(-c4cnn(C)c4)nc3n2CC(O)C(F)(F)F)c(F)c(OC)c1. The van der Waals surface area contributed by atoms with Gasteiger partial charge in [0, 0.05) is 30.9 Å².